The number of benzene rings is 2. The number of fused-ring (bicyclic) bond motifs is 1. The van der Waals surface area contributed by atoms with Crippen molar-refractivity contribution in [3.63, 3.8) is 0 Å². The molecule has 0 bridgehead atoms. The largest absolute Gasteiger partial charge is 0.508 e. The Morgan fingerprint density at radius 1 is 1.14 bits per heavy atom. The Morgan fingerprint density at radius 3 is 2.67 bits per heavy atom. The fraction of sp³-hybridized carbons (Fsp3) is 0.296. The zero-order valence-corrected chi connectivity index (χ0v) is 20.1. The average molecular weight is 492 g/mol. The Bertz CT molecular complexity index is 1450. The van der Waals surface area contributed by atoms with Crippen LogP contribution in [0.1, 0.15) is 24.0 Å². The average Bonchev–Trinajstić information content (AvgIpc) is 3.31. The van der Waals surface area contributed by atoms with Crippen molar-refractivity contribution in [3.05, 3.63) is 81.9 Å². The Hall–Kier alpha value is -3.69. The predicted molar refractivity (Wildman–Crippen MR) is 134 cm³/mol. The molecule has 1 aliphatic heterocycles. The molecule has 36 heavy (non-hydrogen) atoms. The fourth-order valence-corrected chi connectivity index (χ4v) is 4.97. The summed E-state index contributed by atoms with van der Waals surface area (Å²) < 4.78 is 29.4. The lowest BCUT2D eigenvalue weighted by molar-refractivity contribution is 0.294. The second-order valence-electron chi connectivity index (χ2n) is 9.45. The molecule has 186 valence electrons. The first kappa shape index (κ1) is 24.0. The summed E-state index contributed by atoms with van der Waals surface area (Å²) in [6, 6.07) is 8.46. The van der Waals surface area contributed by atoms with Crippen LogP contribution in [0.15, 0.2) is 53.6 Å². The predicted octanol–water partition coefficient (Wildman–Crippen LogP) is 3.92. The fourth-order valence-electron chi connectivity index (χ4n) is 4.97. The molecular weight excluding hydrogens is 464 g/mol. The first-order valence-electron chi connectivity index (χ1n) is 11.9. The molecule has 1 aliphatic rings. The van der Waals surface area contributed by atoms with Crippen LogP contribution in [0.5, 0.6) is 5.75 Å². The van der Waals surface area contributed by atoms with Crippen molar-refractivity contribution in [2.24, 2.45) is 0 Å². The van der Waals surface area contributed by atoms with Crippen molar-refractivity contribution < 1.29 is 13.9 Å². The van der Waals surface area contributed by atoms with Crippen LogP contribution in [0.4, 0.5) is 8.78 Å². The maximum atomic E-state index is 14.4. The summed E-state index contributed by atoms with van der Waals surface area (Å²) >= 11 is 0. The molecule has 0 amide bonds. The van der Waals surface area contributed by atoms with E-state index in [1.807, 2.05) is 20.0 Å². The molecule has 7 nitrogen and oxygen atoms in total. The van der Waals surface area contributed by atoms with Gasteiger partial charge in [0.05, 0.1) is 22.8 Å². The molecule has 0 saturated carbocycles. The van der Waals surface area contributed by atoms with Crippen molar-refractivity contribution in [2.45, 2.75) is 32.4 Å². The van der Waals surface area contributed by atoms with Gasteiger partial charge < -0.3 is 15.3 Å². The van der Waals surface area contributed by atoms with Crippen molar-refractivity contribution in [2.75, 3.05) is 20.1 Å². The van der Waals surface area contributed by atoms with Gasteiger partial charge in [0.25, 0.3) is 5.56 Å². The highest BCUT2D eigenvalue weighted by Crippen LogP contribution is 2.30. The van der Waals surface area contributed by atoms with E-state index < -0.39 is 11.4 Å². The van der Waals surface area contributed by atoms with Gasteiger partial charge >= 0.3 is 0 Å². The molecule has 1 saturated heterocycles. The van der Waals surface area contributed by atoms with Crippen LogP contribution >= 0.6 is 0 Å². The van der Waals surface area contributed by atoms with Gasteiger partial charge in [-0.15, -0.1) is 0 Å². The first-order valence-corrected chi connectivity index (χ1v) is 11.9. The summed E-state index contributed by atoms with van der Waals surface area (Å²) in [4.78, 5) is 20.4. The summed E-state index contributed by atoms with van der Waals surface area (Å²) in [6.45, 7) is 3.99. The Labute approximate surface area is 207 Å². The van der Waals surface area contributed by atoms with Gasteiger partial charge in [0.1, 0.15) is 17.4 Å². The Kier molecular flexibility index (Phi) is 6.51. The van der Waals surface area contributed by atoms with E-state index in [1.54, 1.807) is 6.20 Å². The molecule has 2 N–H and O–H groups in total. The van der Waals surface area contributed by atoms with Gasteiger partial charge in [-0.3, -0.25) is 9.78 Å². The lowest BCUT2D eigenvalue weighted by atomic mass is 9.97. The summed E-state index contributed by atoms with van der Waals surface area (Å²) in [5.41, 5.74) is 2.69. The number of hydrogen-bond acceptors (Lipinski definition) is 6. The highest BCUT2D eigenvalue weighted by Gasteiger charge is 2.21. The molecular formula is C27H27F2N5O2. The standard InChI is InChI=1S/C27H27F2N5O2/c1-16-6-17(8-18(28)7-16)23-12-31-25-13-32-34(21-9-19(29)10-22(35)11-21)27(36)26(25)24(23)15-33(2)14-20-4-3-5-30-20/h6-13,20,30,35H,3-5,14-15H2,1-2H3/t20-/m0/s1. The van der Waals surface area contributed by atoms with E-state index in [-0.39, 0.29) is 17.3 Å². The van der Waals surface area contributed by atoms with Gasteiger partial charge in [0.2, 0.25) is 0 Å². The van der Waals surface area contributed by atoms with Crippen molar-refractivity contribution in [1.29, 1.82) is 0 Å². The molecule has 0 spiro atoms. The number of aromatic hydroxyl groups is 1. The number of pyridine rings is 1. The summed E-state index contributed by atoms with van der Waals surface area (Å²) in [5.74, 6) is -1.38. The second-order valence-corrected chi connectivity index (χ2v) is 9.45. The van der Waals surface area contributed by atoms with Gasteiger partial charge in [-0.1, -0.05) is 6.07 Å². The smallest absolute Gasteiger partial charge is 0.281 e. The number of aromatic nitrogens is 3. The topological polar surface area (TPSA) is 83.3 Å². The number of nitrogens with one attached hydrogen (secondary N) is 1. The van der Waals surface area contributed by atoms with Gasteiger partial charge in [-0.25, -0.2) is 8.78 Å². The van der Waals surface area contributed by atoms with E-state index in [0.29, 0.717) is 40.2 Å². The SMILES string of the molecule is Cc1cc(F)cc(-c2cnc3cnn(-c4cc(O)cc(F)c4)c(=O)c3c2CN(C)C[C@@H]2CCCN2)c1. The molecule has 1 fully saturated rings. The van der Waals surface area contributed by atoms with Crippen LogP contribution in [0.2, 0.25) is 0 Å². The van der Waals surface area contributed by atoms with E-state index in [1.165, 1.54) is 24.4 Å². The summed E-state index contributed by atoms with van der Waals surface area (Å²) in [7, 11) is 1.98. The first-order chi connectivity index (χ1) is 17.3. The third kappa shape index (κ3) is 4.84. The lowest BCUT2D eigenvalue weighted by Gasteiger charge is -2.23. The van der Waals surface area contributed by atoms with Gasteiger partial charge in [-0.05, 0) is 68.2 Å². The third-order valence-electron chi connectivity index (χ3n) is 6.50. The second kappa shape index (κ2) is 9.75. The van der Waals surface area contributed by atoms with E-state index in [9.17, 15) is 18.7 Å². The zero-order valence-electron chi connectivity index (χ0n) is 20.1. The number of hydrogen-bond donors (Lipinski definition) is 2. The van der Waals surface area contributed by atoms with E-state index >= 15 is 0 Å². The van der Waals surface area contributed by atoms with Crippen LogP contribution < -0.4 is 10.9 Å². The van der Waals surface area contributed by atoms with Crippen LogP contribution in [-0.2, 0) is 6.54 Å². The van der Waals surface area contributed by atoms with E-state index in [4.69, 9.17) is 0 Å². The number of rotatable bonds is 6. The number of halogens is 2. The van der Waals surface area contributed by atoms with Crippen LogP contribution in [0.25, 0.3) is 27.7 Å². The minimum Gasteiger partial charge on any atom is -0.508 e. The molecule has 2 aromatic heterocycles. The van der Waals surface area contributed by atoms with Crippen LogP contribution in [0, 0.1) is 18.6 Å². The summed E-state index contributed by atoms with van der Waals surface area (Å²) in [6.07, 6.45) is 5.30. The van der Waals surface area contributed by atoms with Gasteiger partial charge in [-0.2, -0.15) is 9.78 Å². The number of likely N-dealkylation sites (N-methyl/N-ethyl adjacent to an activating group) is 1. The molecule has 0 radical (unpaired) electrons. The van der Waals surface area contributed by atoms with Gasteiger partial charge in [0, 0.05) is 43.0 Å². The molecule has 3 heterocycles. The number of nitrogens with zero attached hydrogens (tertiary/aromatic N) is 4. The molecule has 5 rings (SSSR count). The normalized spacial score (nSPS) is 15.8. The van der Waals surface area contributed by atoms with Crippen LogP contribution in [0.3, 0.4) is 0 Å². The zero-order chi connectivity index (χ0) is 25.4. The van der Waals surface area contributed by atoms with E-state index in [2.05, 4.69) is 20.3 Å². The minimum atomic E-state index is -0.690. The molecule has 0 unspecified atom stereocenters. The van der Waals surface area contributed by atoms with Crippen molar-refractivity contribution >= 4 is 10.9 Å². The Morgan fingerprint density at radius 2 is 1.94 bits per heavy atom. The Balaban J connectivity index is 1.71. The van der Waals surface area contributed by atoms with E-state index in [0.717, 1.165) is 48.3 Å². The maximum Gasteiger partial charge on any atom is 0.281 e. The van der Waals surface area contributed by atoms with Gasteiger partial charge in [0.15, 0.2) is 0 Å². The molecule has 4 aromatic rings. The third-order valence-corrected chi connectivity index (χ3v) is 6.50. The molecule has 9 heteroatoms. The lowest BCUT2D eigenvalue weighted by Crippen LogP contribution is -2.35. The molecule has 1 atom stereocenters. The quantitative estimate of drug-likeness (QED) is 0.425. The number of aryl methyl sites for hydroxylation is 1. The number of phenols is 1. The number of phenolic OH excluding ortho intramolecular Hbond substituents is 1. The monoisotopic (exact) mass is 491 g/mol. The van der Waals surface area contributed by atoms with Crippen molar-refractivity contribution in [3.8, 4) is 22.6 Å². The summed E-state index contributed by atoms with van der Waals surface area (Å²) in [5, 5.41) is 17.8. The highest BCUT2D eigenvalue weighted by atomic mass is 19.1. The maximum absolute atomic E-state index is 14.4. The van der Waals surface area contributed by atoms with Crippen molar-refractivity contribution in [1.82, 2.24) is 25.0 Å². The highest BCUT2D eigenvalue weighted by molar-refractivity contribution is 5.87. The minimum absolute atomic E-state index is 0.0980. The molecule has 2 aromatic carbocycles. The molecule has 0 aliphatic carbocycles. The van der Waals surface area contributed by atoms with Crippen LogP contribution in [-0.4, -0.2) is 50.9 Å².